The number of hydrogen-bond acceptors (Lipinski definition) is 27. The smallest absolute Gasteiger partial charge is 0.870 e. The van der Waals surface area contributed by atoms with Crippen molar-refractivity contribution in [2.75, 3.05) is 134 Å². The fourth-order valence-corrected chi connectivity index (χ4v) is 43.1. The molecule has 2 aromatic heterocycles. The van der Waals surface area contributed by atoms with Crippen LogP contribution in [0.25, 0.3) is 21.5 Å². The van der Waals surface area contributed by atoms with Crippen molar-refractivity contribution in [3.63, 3.8) is 0 Å². The Labute approximate surface area is 781 Å². The van der Waals surface area contributed by atoms with Crippen molar-refractivity contribution in [2.24, 2.45) is 20.0 Å². The van der Waals surface area contributed by atoms with Crippen LogP contribution in [-0.2, 0) is 82.6 Å². The molecule has 0 saturated heterocycles. The van der Waals surface area contributed by atoms with Crippen molar-refractivity contribution in [3.05, 3.63) is 130 Å². The van der Waals surface area contributed by atoms with Gasteiger partial charge in [0.2, 0.25) is 0 Å². The van der Waals surface area contributed by atoms with Crippen LogP contribution in [-0.4, -0.2) is 284 Å². The third-order valence-corrected chi connectivity index (χ3v) is 43.1. The van der Waals surface area contributed by atoms with Gasteiger partial charge < -0.3 is 19.7 Å². The summed E-state index contributed by atoms with van der Waals surface area (Å²) in [5, 5.41) is 2.92. The number of benzene rings is 4. The first-order chi connectivity index (χ1) is 53.4. The van der Waals surface area contributed by atoms with E-state index >= 15 is 0 Å². The Morgan fingerprint density at radius 2 is 0.669 bits per heavy atom. The number of carbonyl (C=O) groups excluding carboxylic acids is 1. The molecule has 0 atom stereocenters. The molecule has 6 aromatic rings. The van der Waals surface area contributed by atoms with Gasteiger partial charge in [-0.1, -0.05) is 0 Å². The van der Waals surface area contributed by atoms with Gasteiger partial charge in [-0.05, 0) is 0 Å². The topological polar surface area (TPSA) is 454 Å². The van der Waals surface area contributed by atoms with Crippen LogP contribution < -0.4 is 129 Å². The molecule has 4 aromatic carbocycles. The third kappa shape index (κ3) is 22.1. The Kier molecular flexibility index (Phi) is 35.9. The molecule has 0 radical (unpaired) electrons. The van der Waals surface area contributed by atoms with Crippen LogP contribution in [0.5, 0.6) is 0 Å². The number of quaternary nitrogens is 2. The molecule has 0 bridgehead atoms. The molecule has 12 rings (SSSR count). The van der Waals surface area contributed by atoms with E-state index in [0.29, 0.717) is 117 Å². The Morgan fingerprint density at radius 1 is 0.381 bits per heavy atom. The van der Waals surface area contributed by atoms with Crippen LogP contribution >= 0.6 is 0 Å². The van der Waals surface area contributed by atoms with Crippen molar-refractivity contribution in [1.82, 2.24) is 8.47 Å². The minimum Gasteiger partial charge on any atom is -0.870 e. The Balaban J connectivity index is 0.00000384. The van der Waals surface area contributed by atoms with E-state index in [-0.39, 0.29) is 263 Å². The number of ether oxygens (including phenoxy) is 4. The van der Waals surface area contributed by atoms with Crippen LogP contribution in [0.2, 0.25) is 38.3 Å². The first kappa shape index (κ1) is 103. The maximum Gasteiger partial charge on any atom is 1.00 e. The van der Waals surface area contributed by atoms with Crippen molar-refractivity contribution in [2.45, 2.75) is 122 Å². The number of aromatic nitrogens is 2. The van der Waals surface area contributed by atoms with Gasteiger partial charge in [-0.3, -0.25) is 6.29 Å². The predicted molar refractivity (Wildman–Crippen MR) is 427 cm³/mol. The second-order valence-electron chi connectivity index (χ2n) is 31.6. The first-order valence-electron chi connectivity index (χ1n) is 38.6. The third-order valence-electron chi connectivity index (χ3n) is 22.5. The molecule has 6 aliphatic rings. The Bertz CT molecular complexity index is 5240. The monoisotopic (exact) mass is 1820 g/mol. The number of nitrogens with zero attached hydrogens (tertiary/aromatic N) is 10. The molecule has 6 aliphatic heterocycles. The molecule has 628 valence electrons. The van der Waals surface area contributed by atoms with Gasteiger partial charge >= 0.3 is 725 Å². The normalized spacial score (nSPS) is 16.4. The summed E-state index contributed by atoms with van der Waals surface area (Å²) in [4.78, 5) is 34.0. The number of unbranched alkanes of at least 4 members (excludes halogenated alkanes) is 5. The molecule has 0 saturated carbocycles. The van der Waals surface area contributed by atoms with Crippen molar-refractivity contribution < 1.29 is 238 Å². The standard InChI is InChI=1S/C73H104N10O22S5Si3.4Na.H2O/c1-111(2,56-23-39-82(34-13-18-51-106(85,86)87,35-14-19-52-107(88,89)90)36-15-20-53-108(91,92)93)104-113(105-112(3,4)57-24-40-83(37-16-21-54-109(94,95)96,38-17-22-55-110(97,98)99)41-44-101-46-48-103-50-49-102-47-45-100-43-25-42-84)78-66-58-26-5-6-27-59(58)67(78)75-69-62-30-9-10-31-63(62)71(80(69)113)77-73-65-33-12-11-32-64(65)72(81(73)113)76-70-61-29-8-7-28-60(61)68(74-66)79(70)113;;;;;/h5-12,26-33H,13-25,34-41,43-57H2,1-4H3,(H4-,85,86,87,88,89,90,91,92,93,94,95,96,97,98,99);;;;;1H2/q;4*+1;/p-5. The quantitative estimate of drug-likeness (QED) is 0.0113. The van der Waals surface area contributed by atoms with Gasteiger partial charge in [-0.25, -0.2) is 0 Å². The molecule has 0 fully saturated rings. The molecule has 118 heavy (non-hydrogen) atoms. The summed E-state index contributed by atoms with van der Waals surface area (Å²) >= 11 is 0. The average molecular weight is 1820 g/mol. The van der Waals surface area contributed by atoms with Gasteiger partial charge in [0.15, 0.2) is 0 Å². The van der Waals surface area contributed by atoms with E-state index in [1.165, 1.54) is 0 Å². The summed E-state index contributed by atoms with van der Waals surface area (Å²) in [7, 11) is -38.2. The van der Waals surface area contributed by atoms with Gasteiger partial charge in [0.1, 0.15) is 0 Å². The molecule has 8 heterocycles. The molecule has 0 unspecified atom stereocenters. The van der Waals surface area contributed by atoms with E-state index in [4.69, 9.17) is 38.9 Å². The maximum absolute atomic E-state index is 12.2. The Morgan fingerprint density at radius 3 is 1.00 bits per heavy atom. The largest absolute Gasteiger partial charge is 1.00 e. The summed E-state index contributed by atoms with van der Waals surface area (Å²) in [6.45, 7) is 13.2. The number of rotatable bonds is 52. The predicted octanol–water partition coefficient (Wildman–Crippen LogP) is -6.79. The summed E-state index contributed by atoms with van der Waals surface area (Å²) in [5.41, 5.74) is 3.87. The molecule has 0 aliphatic carbocycles. The minimum atomic E-state index is -7.47. The van der Waals surface area contributed by atoms with Crippen molar-refractivity contribution in [1.29, 1.82) is 0 Å². The zero-order valence-corrected chi connectivity index (χ0v) is 83.7. The molecular weight excluding hydrogens is 1720 g/mol. The van der Waals surface area contributed by atoms with Gasteiger partial charge in [0, 0.05) is 6.61 Å². The van der Waals surface area contributed by atoms with Crippen LogP contribution in [0.3, 0.4) is 0 Å². The van der Waals surface area contributed by atoms with Crippen LogP contribution in [0.1, 0.15) is 106 Å². The number of fused-ring (bicyclic) bond motifs is 12. The van der Waals surface area contributed by atoms with Crippen LogP contribution in [0.4, 0.5) is 11.6 Å². The molecule has 45 heteroatoms. The van der Waals surface area contributed by atoms with Gasteiger partial charge in [-0.2, -0.15) is 0 Å². The van der Waals surface area contributed by atoms with E-state index in [0.717, 1.165) is 43.8 Å². The maximum atomic E-state index is 12.2. The molecular formula is C73H101N10Na4O23S5Si3-. The van der Waals surface area contributed by atoms with E-state index < -0.39 is 104 Å². The summed E-state index contributed by atoms with van der Waals surface area (Å²) in [6.07, 6.45) is 4.07. The molecule has 33 nitrogen and oxygen atoms in total. The fraction of sp³-hybridized carbons (Fsp3) is 0.548. The van der Waals surface area contributed by atoms with Crippen LogP contribution in [0.15, 0.2) is 117 Å². The zero-order chi connectivity index (χ0) is 81.0. The zero-order valence-electron chi connectivity index (χ0n) is 68.6. The van der Waals surface area contributed by atoms with E-state index in [2.05, 4.69) is 43.1 Å². The molecule has 1 N–H and O–H groups in total. The van der Waals surface area contributed by atoms with Crippen molar-refractivity contribution in [3.8, 4) is 0 Å². The molecule has 0 amide bonds. The van der Waals surface area contributed by atoms with Gasteiger partial charge in [0.05, 0.1) is 26.4 Å². The second kappa shape index (κ2) is 41.2. The summed E-state index contributed by atoms with van der Waals surface area (Å²) in [5.74, 6) is -0.282. The number of hydrogen-bond donors (Lipinski definition) is 0. The van der Waals surface area contributed by atoms with E-state index in [9.17, 15) is 77.9 Å². The summed E-state index contributed by atoms with van der Waals surface area (Å²) in [6, 6.07) is 32.5. The number of aliphatic imine (C=N–C) groups is 2. The fourth-order valence-electron chi connectivity index (χ4n) is 18.1. The molecule has 1 spiro atoms. The van der Waals surface area contributed by atoms with Gasteiger partial charge in [-0.15, -0.1) is 6.42 Å². The summed E-state index contributed by atoms with van der Waals surface area (Å²) < 4.78 is 234. The Hall–Kier alpha value is -2.25. The van der Waals surface area contributed by atoms with Crippen LogP contribution in [0, 0.1) is 0 Å². The SMILES string of the molecule is C[Si](C)(CCC[N+](CCCCS(=O)(=O)[O-])(CCCCS(=O)(=O)[O-])CCCCS(=O)(=O)[O-])O[Si-2]123(O[Si](C)(C)CCC[N+](CCCCS(=O)(=O)[O-])(CCCCS(=O)(=O)[O-])CCOCCOCCOCCOCC[C-]=O)n4c5c6ccccc6c4N=C4c6ccccc6C(=[N+]41)N=c1c4ccccc4c(n12)=NC1=[N+]3C(=N5)c2ccccc21.[Na+].[Na+].[Na+].[Na+].[OH-]. The first-order valence-corrected chi connectivity index (χ1v) is 55.4. The van der Waals surface area contributed by atoms with Gasteiger partial charge in [0.25, 0.3) is 0 Å². The van der Waals surface area contributed by atoms with E-state index in [1.54, 1.807) is 6.29 Å². The van der Waals surface area contributed by atoms with Crippen molar-refractivity contribution >= 4 is 138 Å². The van der Waals surface area contributed by atoms with E-state index in [1.807, 2.05) is 97.1 Å². The second-order valence-corrected chi connectivity index (χ2v) is 53.5. The number of amidine groups is 4. The average Bonchev–Trinajstić information content (AvgIpc) is 1.33. The minimum absolute atomic E-state index is 0.